The third kappa shape index (κ3) is 7.65. The minimum Gasteiger partial charge on any atom is -0.352 e. The molecule has 0 aliphatic heterocycles. The highest BCUT2D eigenvalue weighted by Crippen LogP contribution is 2.19. The quantitative estimate of drug-likeness (QED) is 0.551. The summed E-state index contributed by atoms with van der Waals surface area (Å²) in [6, 6.07) is 12.9. The number of nitrogens with one attached hydrogen (secondary N) is 1. The Morgan fingerprint density at radius 1 is 1.07 bits per heavy atom. The van der Waals surface area contributed by atoms with E-state index in [0.717, 1.165) is 11.1 Å². The van der Waals surface area contributed by atoms with Gasteiger partial charge in [-0.25, -0.2) is 4.39 Å². The van der Waals surface area contributed by atoms with Gasteiger partial charge in [-0.05, 0) is 55.7 Å². The molecule has 2 amide bonds. The van der Waals surface area contributed by atoms with E-state index in [4.69, 9.17) is 11.6 Å². The Morgan fingerprint density at radius 2 is 1.67 bits per heavy atom. The van der Waals surface area contributed by atoms with Gasteiger partial charge in [0.05, 0.1) is 5.75 Å². The highest BCUT2D eigenvalue weighted by molar-refractivity contribution is 7.99. The minimum absolute atomic E-state index is 0.0198. The Bertz CT molecular complexity index is 828. The molecule has 4 nitrogen and oxygen atoms in total. The lowest BCUT2D eigenvalue weighted by Crippen LogP contribution is -2.50. The summed E-state index contributed by atoms with van der Waals surface area (Å²) in [6.45, 7) is 5.92. The lowest BCUT2D eigenvalue weighted by atomic mass is 10.1. The van der Waals surface area contributed by atoms with E-state index < -0.39 is 6.04 Å². The molecule has 30 heavy (non-hydrogen) atoms. The van der Waals surface area contributed by atoms with Gasteiger partial charge >= 0.3 is 0 Å². The number of halogens is 2. The number of carbonyl (C=O) groups is 2. The number of thioether (sulfide) groups is 1. The van der Waals surface area contributed by atoms with Gasteiger partial charge < -0.3 is 10.2 Å². The van der Waals surface area contributed by atoms with Gasteiger partial charge in [0.1, 0.15) is 11.9 Å². The molecule has 0 aliphatic carbocycles. The first-order valence-electron chi connectivity index (χ1n) is 9.96. The number of benzene rings is 2. The second-order valence-corrected chi connectivity index (χ2v) is 8.78. The van der Waals surface area contributed by atoms with E-state index in [1.54, 1.807) is 17.0 Å². The van der Waals surface area contributed by atoms with Gasteiger partial charge in [-0.1, -0.05) is 42.8 Å². The predicted molar refractivity (Wildman–Crippen MR) is 122 cm³/mol. The summed E-state index contributed by atoms with van der Waals surface area (Å²) in [7, 11) is 0. The van der Waals surface area contributed by atoms with Crippen molar-refractivity contribution in [3.63, 3.8) is 0 Å². The van der Waals surface area contributed by atoms with Crippen molar-refractivity contribution < 1.29 is 14.0 Å². The molecule has 7 heteroatoms. The van der Waals surface area contributed by atoms with Gasteiger partial charge in [-0.15, -0.1) is 11.8 Å². The molecule has 2 aromatic rings. The van der Waals surface area contributed by atoms with E-state index in [1.807, 2.05) is 45.0 Å². The third-order valence-corrected chi connectivity index (χ3v) is 5.73. The number of amides is 2. The van der Waals surface area contributed by atoms with E-state index in [9.17, 15) is 14.0 Å². The van der Waals surface area contributed by atoms with Crippen LogP contribution in [-0.4, -0.2) is 34.6 Å². The van der Waals surface area contributed by atoms with Gasteiger partial charge in [-0.2, -0.15) is 0 Å². The van der Waals surface area contributed by atoms with Crippen molar-refractivity contribution in [3.05, 3.63) is 70.5 Å². The summed E-state index contributed by atoms with van der Waals surface area (Å²) in [6.07, 6.45) is 0.493. The molecule has 162 valence electrons. The van der Waals surface area contributed by atoms with Crippen molar-refractivity contribution in [2.24, 2.45) is 0 Å². The van der Waals surface area contributed by atoms with Crippen molar-refractivity contribution in [3.8, 4) is 0 Å². The van der Waals surface area contributed by atoms with Crippen molar-refractivity contribution in [1.82, 2.24) is 10.2 Å². The van der Waals surface area contributed by atoms with E-state index in [0.29, 0.717) is 17.2 Å². The normalized spacial score (nSPS) is 11.9. The summed E-state index contributed by atoms with van der Waals surface area (Å²) >= 11 is 7.40. The molecule has 1 atom stereocenters. The van der Waals surface area contributed by atoms with Crippen molar-refractivity contribution >= 4 is 35.2 Å². The van der Waals surface area contributed by atoms with Crippen LogP contribution in [-0.2, 0) is 21.9 Å². The fourth-order valence-corrected chi connectivity index (χ4v) is 4.00. The maximum Gasteiger partial charge on any atom is 0.243 e. The molecular formula is C23H28ClFN2O2S. The zero-order valence-corrected chi connectivity index (χ0v) is 19.1. The zero-order valence-electron chi connectivity index (χ0n) is 17.5. The first-order chi connectivity index (χ1) is 14.3. The molecule has 0 saturated carbocycles. The van der Waals surface area contributed by atoms with E-state index in [2.05, 4.69) is 5.32 Å². The van der Waals surface area contributed by atoms with Crippen LogP contribution in [0.1, 0.15) is 38.3 Å². The Morgan fingerprint density at radius 3 is 2.23 bits per heavy atom. The summed E-state index contributed by atoms with van der Waals surface area (Å²) in [5.74, 6) is 0.284. The Hall–Kier alpha value is -2.05. The van der Waals surface area contributed by atoms with E-state index in [-0.39, 0.29) is 36.0 Å². The summed E-state index contributed by atoms with van der Waals surface area (Å²) < 4.78 is 13.3. The molecule has 2 aromatic carbocycles. The van der Waals surface area contributed by atoms with Crippen LogP contribution >= 0.6 is 23.4 Å². The van der Waals surface area contributed by atoms with Crippen LogP contribution in [0.4, 0.5) is 4.39 Å². The standard InChI is InChI=1S/C23H28ClFN2O2S/c1-4-21(23(29)26-16(2)3)27(13-17-7-11-20(25)12-8-17)22(28)15-30-14-18-5-9-19(24)10-6-18/h5-12,16,21H,4,13-15H2,1-3H3,(H,26,29)/t21-/m0/s1. The lowest BCUT2D eigenvalue weighted by molar-refractivity contribution is -0.139. The first kappa shape index (κ1) is 24.2. The Kier molecular flexibility index (Phi) is 9.66. The van der Waals surface area contributed by atoms with E-state index in [1.165, 1.54) is 23.9 Å². The average molecular weight is 451 g/mol. The molecular weight excluding hydrogens is 423 g/mol. The molecule has 0 spiro atoms. The zero-order chi connectivity index (χ0) is 22.1. The first-order valence-corrected chi connectivity index (χ1v) is 11.5. The Balaban J connectivity index is 2.11. The molecule has 0 saturated heterocycles. The van der Waals surface area contributed by atoms with Crippen molar-refractivity contribution in [2.45, 2.75) is 51.6 Å². The molecule has 0 aliphatic rings. The van der Waals surface area contributed by atoms with Crippen LogP contribution < -0.4 is 5.32 Å². The van der Waals surface area contributed by atoms with Crippen LogP contribution in [0, 0.1) is 5.82 Å². The highest BCUT2D eigenvalue weighted by atomic mass is 35.5. The predicted octanol–water partition coefficient (Wildman–Crippen LogP) is 5.04. The van der Waals surface area contributed by atoms with Gasteiger partial charge in [0, 0.05) is 23.4 Å². The molecule has 0 unspecified atom stereocenters. The number of nitrogens with zero attached hydrogens (tertiary/aromatic N) is 1. The summed E-state index contributed by atoms with van der Waals surface area (Å²) in [5.41, 5.74) is 1.86. The Labute approximate surface area is 187 Å². The number of hydrogen-bond donors (Lipinski definition) is 1. The second kappa shape index (κ2) is 12.0. The number of rotatable bonds is 10. The monoisotopic (exact) mass is 450 g/mol. The molecule has 2 rings (SSSR count). The molecule has 1 N–H and O–H groups in total. The van der Waals surface area contributed by atoms with Gasteiger partial charge in [-0.3, -0.25) is 9.59 Å². The number of hydrogen-bond acceptors (Lipinski definition) is 3. The van der Waals surface area contributed by atoms with Crippen LogP contribution in [0.25, 0.3) is 0 Å². The molecule has 0 fully saturated rings. The maximum absolute atomic E-state index is 13.3. The molecule has 0 bridgehead atoms. The summed E-state index contributed by atoms with van der Waals surface area (Å²) in [5, 5.41) is 3.57. The molecule has 0 aromatic heterocycles. The number of carbonyl (C=O) groups excluding carboxylic acids is 2. The summed E-state index contributed by atoms with van der Waals surface area (Å²) in [4.78, 5) is 27.4. The molecule has 0 heterocycles. The largest absolute Gasteiger partial charge is 0.352 e. The van der Waals surface area contributed by atoms with Crippen LogP contribution in [0.3, 0.4) is 0 Å². The average Bonchev–Trinajstić information content (AvgIpc) is 2.70. The maximum atomic E-state index is 13.3. The lowest BCUT2D eigenvalue weighted by Gasteiger charge is -2.31. The van der Waals surface area contributed by atoms with Crippen LogP contribution in [0.2, 0.25) is 5.02 Å². The fourth-order valence-electron chi connectivity index (χ4n) is 3.01. The smallest absolute Gasteiger partial charge is 0.243 e. The third-order valence-electron chi connectivity index (χ3n) is 4.49. The fraction of sp³-hybridized carbons (Fsp3) is 0.391. The van der Waals surface area contributed by atoms with Crippen molar-refractivity contribution in [2.75, 3.05) is 5.75 Å². The molecule has 0 radical (unpaired) electrons. The van der Waals surface area contributed by atoms with Crippen LogP contribution in [0.5, 0.6) is 0 Å². The van der Waals surface area contributed by atoms with Gasteiger partial charge in [0.25, 0.3) is 0 Å². The van der Waals surface area contributed by atoms with Crippen LogP contribution in [0.15, 0.2) is 48.5 Å². The second-order valence-electron chi connectivity index (χ2n) is 7.35. The van der Waals surface area contributed by atoms with Crippen molar-refractivity contribution in [1.29, 1.82) is 0 Å². The SMILES string of the molecule is CC[C@@H](C(=O)NC(C)C)N(Cc1ccc(F)cc1)C(=O)CSCc1ccc(Cl)cc1. The highest BCUT2D eigenvalue weighted by Gasteiger charge is 2.28. The van der Waals surface area contributed by atoms with Gasteiger partial charge in [0.2, 0.25) is 11.8 Å². The minimum atomic E-state index is -0.582. The van der Waals surface area contributed by atoms with E-state index >= 15 is 0 Å². The topological polar surface area (TPSA) is 49.4 Å². The van der Waals surface area contributed by atoms with Gasteiger partial charge in [0.15, 0.2) is 0 Å².